The molecule has 0 amide bonds. The molecule has 15 heavy (non-hydrogen) atoms. The highest BCUT2D eigenvalue weighted by Gasteiger charge is 2.15. The summed E-state index contributed by atoms with van der Waals surface area (Å²) < 4.78 is 25.9. The van der Waals surface area contributed by atoms with Gasteiger partial charge in [0.25, 0.3) is 0 Å². The SMILES string of the molecule is N[C@@H](CC(=O)O)c1cc(F)c(Cl)c(F)c1. The van der Waals surface area contributed by atoms with Gasteiger partial charge in [0.2, 0.25) is 0 Å². The monoisotopic (exact) mass is 235 g/mol. The van der Waals surface area contributed by atoms with E-state index in [0.29, 0.717) is 0 Å². The minimum absolute atomic E-state index is 0.0665. The molecule has 0 spiro atoms. The van der Waals surface area contributed by atoms with Gasteiger partial charge in [-0.25, -0.2) is 8.78 Å². The number of carbonyl (C=O) groups is 1. The zero-order chi connectivity index (χ0) is 11.6. The van der Waals surface area contributed by atoms with Crippen molar-refractivity contribution < 1.29 is 18.7 Å². The van der Waals surface area contributed by atoms with Gasteiger partial charge in [-0.15, -0.1) is 0 Å². The van der Waals surface area contributed by atoms with E-state index in [9.17, 15) is 13.6 Å². The van der Waals surface area contributed by atoms with Crippen LogP contribution in [0.5, 0.6) is 0 Å². The van der Waals surface area contributed by atoms with Crippen molar-refractivity contribution >= 4 is 17.6 Å². The predicted octanol–water partition coefficient (Wildman–Crippen LogP) is 2.09. The number of aliphatic carboxylic acids is 1. The van der Waals surface area contributed by atoms with Gasteiger partial charge in [-0.2, -0.15) is 0 Å². The molecule has 0 aliphatic carbocycles. The lowest BCUT2D eigenvalue weighted by Gasteiger charge is -2.10. The van der Waals surface area contributed by atoms with Crippen LogP contribution in [0.1, 0.15) is 18.0 Å². The fourth-order valence-corrected chi connectivity index (χ4v) is 1.20. The molecule has 0 heterocycles. The highest BCUT2D eigenvalue weighted by molar-refractivity contribution is 6.30. The van der Waals surface area contributed by atoms with E-state index < -0.39 is 35.1 Å². The molecule has 0 aliphatic heterocycles. The number of rotatable bonds is 3. The van der Waals surface area contributed by atoms with Gasteiger partial charge in [-0.05, 0) is 17.7 Å². The number of benzene rings is 1. The number of hydrogen-bond donors (Lipinski definition) is 2. The van der Waals surface area contributed by atoms with Gasteiger partial charge in [-0.3, -0.25) is 4.79 Å². The quantitative estimate of drug-likeness (QED) is 0.789. The van der Waals surface area contributed by atoms with Crippen molar-refractivity contribution in [3.8, 4) is 0 Å². The van der Waals surface area contributed by atoms with Crippen LogP contribution in [-0.2, 0) is 4.79 Å². The van der Waals surface area contributed by atoms with E-state index in [4.69, 9.17) is 22.4 Å². The summed E-state index contributed by atoms with van der Waals surface area (Å²) in [5.74, 6) is -3.04. The Bertz CT molecular complexity index is 375. The molecule has 1 atom stereocenters. The van der Waals surface area contributed by atoms with Crippen molar-refractivity contribution in [3.05, 3.63) is 34.4 Å². The minimum atomic E-state index is -1.14. The smallest absolute Gasteiger partial charge is 0.305 e. The number of halogens is 3. The second kappa shape index (κ2) is 4.55. The Morgan fingerprint density at radius 2 is 1.93 bits per heavy atom. The summed E-state index contributed by atoms with van der Waals surface area (Å²) in [5, 5.41) is 7.82. The van der Waals surface area contributed by atoms with Crippen molar-refractivity contribution in [2.24, 2.45) is 5.73 Å². The van der Waals surface area contributed by atoms with E-state index in [1.165, 1.54) is 0 Å². The average molecular weight is 236 g/mol. The van der Waals surface area contributed by atoms with Gasteiger partial charge < -0.3 is 10.8 Å². The number of nitrogens with two attached hydrogens (primary N) is 1. The van der Waals surface area contributed by atoms with Crippen LogP contribution < -0.4 is 5.73 Å². The molecule has 0 bridgehead atoms. The predicted molar refractivity (Wildman–Crippen MR) is 50.5 cm³/mol. The maximum Gasteiger partial charge on any atom is 0.305 e. The summed E-state index contributed by atoms with van der Waals surface area (Å²) >= 11 is 5.25. The maximum absolute atomic E-state index is 13.0. The third-order valence-electron chi connectivity index (χ3n) is 1.83. The fourth-order valence-electron chi connectivity index (χ4n) is 1.10. The molecule has 1 rings (SSSR count). The standard InChI is InChI=1S/C9H8ClF2NO2/c10-9-5(11)1-4(2-6(9)12)7(13)3-8(14)15/h1-2,7H,3,13H2,(H,14,15)/t7-/m0/s1. The number of carboxylic acids is 1. The van der Waals surface area contributed by atoms with E-state index in [2.05, 4.69) is 0 Å². The van der Waals surface area contributed by atoms with Crippen LogP contribution in [0.3, 0.4) is 0 Å². The molecular weight excluding hydrogens is 228 g/mol. The minimum Gasteiger partial charge on any atom is -0.481 e. The Labute approximate surface area is 89.5 Å². The Morgan fingerprint density at radius 3 is 2.33 bits per heavy atom. The van der Waals surface area contributed by atoms with Crippen LogP contribution >= 0.6 is 11.6 Å². The van der Waals surface area contributed by atoms with Gasteiger partial charge in [0, 0.05) is 6.04 Å². The van der Waals surface area contributed by atoms with Gasteiger partial charge in [0.1, 0.15) is 16.7 Å². The summed E-state index contributed by atoms with van der Waals surface area (Å²) in [6.07, 6.45) is -0.402. The largest absolute Gasteiger partial charge is 0.481 e. The van der Waals surface area contributed by atoms with Crippen LogP contribution in [0.2, 0.25) is 5.02 Å². The molecule has 1 aromatic carbocycles. The zero-order valence-corrected chi connectivity index (χ0v) is 8.26. The van der Waals surface area contributed by atoms with Crippen LogP contribution in [-0.4, -0.2) is 11.1 Å². The second-order valence-electron chi connectivity index (χ2n) is 3.00. The van der Waals surface area contributed by atoms with Gasteiger partial charge in [0.05, 0.1) is 6.42 Å². The van der Waals surface area contributed by atoms with Crippen LogP contribution in [0.15, 0.2) is 12.1 Å². The van der Waals surface area contributed by atoms with Crippen LogP contribution in [0.25, 0.3) is 0 Å². The Hall–Kier alpha value is -1.20. The summed E-state index contributed by atoms with van der Waals surface area (Å²) in [5.41, 5.74) is 5.49. The average Bonchev–Trinajstić information content (AvgIpc) is 2.12. The third-order valence-corrected chi connectivity index (χ3v) is 2.19. The highest BCUT2D eigenvalue weighted by atomic mass is 35.5. The topological polar surface area (TPSA) is 63.3 Å². The van der Waals surface area contributed by atoms with Crippen LogP contribution in [0, 0.1) is 11.6 Å². The van der Waals surface area contributed by atoms with Crippen LogP contribution in [0.4, 0.5) is 8.78 Å². The normalized spacial score (nSPS) is 12.5. The first-order valence-corrected chi connectivity index (χ1v) is 4.41. The molecule has 1 aromatic rings. The zero-order valence-electron chi connectivity index (χ0n) is 7.51. The molecule has 3 nitrogen and oxygen atoms in total. The molecular formula is C9H8ClF2NO2. The molecule has 0 aromatic heterocycles. The van der Waals surface area contributed by atoms with Crippen molar-refractivity contribution in [1.82, 2.24) is 0 Å². The van der Waals surface area contributed by atoms with E-state index in [-0.39, 0.29) is 5.56 Å². The van der Waals surface area contributed by atoms with E-state index in [1.54, 1.807) is 0 Å². The van der Waals surface area contributed by atoms with Gasteiger partial charge >= 0.3 is 5.97 Å². The summed E-state index contributed by atoms with van der Waals surface area (Å²) in [4.78, 5) is 10.3. The van der Waals surface area contributed by atoms with Gasteiger partial charge in [-0.1, -0.05) is 11.6 Å². The number of carboxylic acid groups (broad SMARTS) is 1. The molecule has 0 unspecified atom stereocenters. The molecule has 3 N–H and O–H groups in total. The van der Waals surface area contributed by atoms with E-state index >= 15 is 0 Å². The van der Waals surface area contributed by atoms with Crippen molar-refractivity contribution in [2.45, 2.75) is 12.5 Å². The first-order chi connectivity index (χ1) is 6.91. The first-order valence-electron chi connectivity index (χ1n) is 4.03. The molecule has 0 saturated heterocycles. The lowest BCUT2D eigenvalue weighted by molar-refractivity contribution is -0.137. The van der Waals surface area contributed by atoms with E-state index in [1.807, 2.05) is 0 Å². The summed E-state index contributed by atoms with van der Waals surface area (Å²) in [6, 6.07) is 0.904. The summed E-state index contributed by atoms with van der Waals surface area (Å²) in [7, 11) is 0. The lowest BCUT2D eigenvalue weighted by atomic mass is 10.0. The van der Waals surface area contributed by atoms with Crippen molar-refractivity contribution in [1.29, 1.82) is 0 Å². The van der Waals surface area contributed by atoms with Crippen molar-refractivity contribution in [2.75, 3.05) is 0 Å². The molecule has 0 aliphatic rings. The molecule has 0 fully saturated rings. The first kappa shape index (κ1) is 11.9. The molecule has 0 saturated carbocycles. The Kier molecular flexibility index (Phi) is 3.60. The highest BCUT2D eigenvalue weighted by Crippen LogP contribution is 2.24. The summed E-state index contributed by atoms with van der Waals surface area (Å²) in [6.45, 7) is 0. The lowest BCUT2D eigenvalue weighted by Crippen LogP contribution is -2.15. The molecule has 6 heteroatoms. The van der Waals surface area contributed by atoms with Crippen molar-refractivity contribution in [3.63, 3.8) is 0 Å². The maximum atomic E-state index is 13.0. The third kappa shape index (κ3) is 2.87. The Morgan fingerprint density at radius 1 is 1.47 bits per heavy atom. The molecule has 0 radical (unpaired) electrons. The Balaban J connectivity index is 3.00. The van der Waals surface area contributed by atoms with E-state index in [0.717, 1.165) is 12.1 Å². The fraction of sp³-hybridized carbons (Fsp3) is 0.222. The molecule has 82 valence electrons. The number of hydrogen-bond acceptors (Lipinski definition) is 2. The van der Waals surface area contributed by atoms with Gasteiger partial charge in [0.15, 0.2) is 0 Å². The second-order valence-corrected chi connectivity index (χ2v) is 3.38.